The van der Waals surface area contributed by atoms with Crippen molar-refractivity contribution in [3.63, 3.8) is 0 Å². The highest BCUT2D eigenvalue weighted by atomic mass is 32.1. The summed E-state index contributed by atoms with van der Waals surface area (Å²) in [5.74, 6) is -0.0839. The number of nitrogens with one attached hydrogen (secondary N) is 1. The third-order valence-corrected chi connectivity index (χ3v) is 5.01. The highest BCUT2D eigenvalue weighted by molar-refractivity contribution is 7.23. The molecule has 1 amide bonds. The normalized spacial score (nSPS) is 10.7. The summed E-state index contributed by atoms with van der Waals surface area (Å²) in [6, 6.07) is 27.7. The first-order chi connectivity index (χ1) is 11.8. The lowest BCUT2D eigenvalue weighted by Crippen LogP contribution is -2.11. The quantitative estimate of drug-likeness (QED) is 0.504. The summed E-state index contributed by atoms with van der Waals surface area (Å²) in [4.78, 5) is 12.6. The van der Waals surface area contributed by atoms with Gasteiger partial charge in [-0.3, -0.25) is 4.79 Å². The van der Waals surface area contributed by atoms with Gasteiger partial charge >= 0.3 is 0 Å². The molecule has 2 nitrogen and oxygen atoms in total. The number of amides is 1. The van der Waals surface area contributed by atoms with Gasteiger partial charge in [-0.15, -0.1) is 11.3 Å². The molecule has 3 aromatic carbocycles. The lowest BCUT2D eigenvalue weighted by Gasteiger charge is -2.07. The van der Waals surface area contributed by atoms with E-state index in [1.165, 1.54) is 4.70 Å². The van der Waals surface area contributed by atoms with Crippen LogP contribution in [-0.4, -0.2) is 5.91 Å². The van der Waals surface area contributed by atoms with Crippen LogP contribution < -0.4 is 5.32 Å². The summed E-state index contributed by atoms with van der Waals surface area (Å²) in [5, 5.41) is 5.14. The monoisotopic (exact) mass is 329 g/mol. The van der Waals surface area contributed by atoms with Gasteiger partial charge < -0.3 is 5.32 Å². The second kappa shape index (κ2) is 6.30. The van der Waals surface area contributed by atoms with Gasteiger partial charge in [0.15, 0.2) is 0 Å². The number of anilines is 1. The zero-order valence-corrected chi connectivity index (χ0v) is 13.7. The Hall–Kier alpha value is -2.91. The summed E-state index contributed by atoms with van der Waals surface area (Å²) in [6.45, 7) is 0. The van der Waals surface area contributed by atoms with Crippen molar-refractivity contribution in [2.75, 3.05) is 5.32 Å². The van der Waals surface area contributed by atoms with Crippen LogP contribution in [0.15, 0.2) is 84.9 Å². The number of carbonyl (C=O) groups is 1. The summed E-state index contributed by atoms with van der Waals surface area (Å²) in [6.07, 6.45) is 0. The van der Waals surface area contributed by atoms with Crippen LogP contribution in [0.4, 0.5) is 5.00 Å². The fourth-order valence-electron chi connectivity index (χ4n) is 2.79. The number of hydrogen-bond donors (Lipinski definition) is 1. The predicted octanol–water partition coefficient (Wildman–Crippen LogP) is 5.82. The van der Waals surface area contributed by atoms with Crippen LogP contribution in [0.2, 0.25) is 0 Å². The molecule has 0 spiro atoms. The van der Waals surface area contributed by atoms with Crippen LogP contribution >= 0.6 is 11.3 Å². The number of thiophene rings is 1. The van der Waals surface area contributed by atoms with Gasteiger partial charge in [0.1, 0.15) is 5.00 Å². The van der Waals surface area contributed by atoms with Crippen LogP contribution in [0.3, 0.4) is 0 Å². The Kier molecular flexibility index (Phi) is 3.85. The summed E-state index contributed by atoms with van der Waals surface area (Å²) in [5.41, 5.74) is 2.85. The van der Waals surface area contributed by atoms with Crippen LogP contribution in [0.5, 0.6) is 0 Å². The molecule has 116 valence electrons. The molecule has 0 unspecified atom stereocenters. The van der Waals surface area contributed by atoms with Crippen molar-refractivity contribution in [1.82, 2.24) is 0 Å². The molecule has 1 N–H and O–H groups in total. The van der Waals surface area contributed by atoms with Crippen molar-refractivity contribution in [3.05, 3.63) is 90.5 Å². The Morgan fingerprint density at radius 1 is 0.750 bits per heavy atom. The molecule has 0 radical (unpaired) electrons. The minimum atomic E-state index is -0.0839. The van der Waals surface area contributed by atoms with Crippen LogP contribution in [0, 0.1) is 0 Å². The smallest absolute Gasteiger partial charge is 0.256 e. The average molecular weight is 329 g/mol. The van der Waals surface area contributed by atoms with Crippen LogP contribution in [0.1, 0.15) is 10.4 Å². The van der Waals surface area contributed by atoms with Crippen molar-refractivity contribution < 1.29 is 4.79 Å². The molecule has 0 aliphatic carbocycles. The summed E-state index contributed by atoms with van der Waals surface area (Å²) in [7, 11) is 0. The minimum Gasteiger partial charge on any atom is -0.313 e. The largest absolute Gasteiger partial charge is 0.313 e. The molecular formula is C21H15NOS. The zero-order valence-electron chi connectivity index (χ0n) is 12.9. The Morgan fingerprint density at radius 3 is 2.12 bits per heavy atom. The van der Waals surface area contributed by atoms with E-state index in [0.29, 0.717) is 5.56 Å². The number of benzene rings is 3. The predicted molar refractivity (Wildman–Crippen MR) is 102 cm³/mol. The van der Waals surface area contributed by atoms with Gasteiger partial charge in [0.05, 0.1) is 0 Å². The van der Waals surface area contributed by atoms with E-state index in [4.69, 9.17) is 0 Å². The van der Waals surface area contributed by atoms with Gasteiger partial charge in [-0.2, -0.15) is 0 Å². The first-order valence-electron chi connectivity index (χ1n) is 7.76. The Labute approximate surface area is 144 Å². The summed E-state index contributed by atoms with van der Waals surface area (Å²) < 4.78 is 1.17. The molecule has 0 saturated heterocycles. The third kappa shape index (κ3) is 2.70. The van der Waals surface area contributed by atoms with Crippen LogP contribution in [0.25, 0.3) is 21.2 Å². The molecule has 0 saturated carbocycles. The maximum absolute atomic E-state index is 12.6. The van der Waals surface area contributed by atoms with Crippen molar-refractivity contribution in [2.45, 2.75) is 0 Å². The van der Waals surface area contributed by atoms with Crippen molar-refractivity contribution in [2.24, 2.45) is 0 Å². The maximum Gasteiger partial charge on any atom is 0.256 e. The standard InChI is InChI=1S/C21H15NOS/c23-20(16-11-5-2-6-12-16)22-21-19(15-9-3-1-4-10-15)17-13-7-8-14-18(17)24-21/h1-14H,(H,22,23). The van der Waals surface area contributed by atoms with Crippen molar-refractivity contribution in [3.8, 4) is 11.1 Å². The molecule has 0 bridgehead atoms. The lowest BCUT2D eigenvalue weighted by molar-refractivity contribution is 0.102. The molecule has 0 aliphatic rings. The Balaban J connectivity index is 1.82. The molecule has 3 heteroatoms. The van der Waals surface area contributed by atoms with Crippen molar-refractivity contribution >= 4 is 32.3 Å². The van der Waals surface area contributed by atoms with Crippen LogP contribution in [-0.2, 0) is 0 Å². The van der Waals surface area contributed by atoms with Gasteiger partial charge in [-0.05, 0) is 23.8 Å². The van der Waals surface area contributed by atoms with Gasteiger partial charge in [-0.1, -0.05) is 66.7 Å². The highest BCUT2D eigenvalue weighted by Crippen LogP contribution is 2.42. The second-order valence-corrected chi connectivity index (χ2v) is 6.54. The van der Waals surface area contributed by atoms with Crippen molar-refractivity contribution in [1.29, 1.82) is 0 Å². The summed E-state index contributed by atoms with van der Waals surface area (Å²) >= 11 is 1.61. The fourth-order valence-corrected chi connectivity index (χ4v) is 3.91. The SMILES string of the molecule is O=C(Nc1sc2ccccc2c1-c1ccccc1)c1ccccc1. The van der Waals surface area contributed by atoms with E-state index in [9.17, 15) is 4.79 Å². The second-order valence-electron chi connectivity index (χ2n) is 5.49. The van der Waals surface area contributed by atoms with Gasteiger partial charge in [0.25, 0.3) is 5.91 Å². The first kappa shape index (κ1) is 14.7. The van der Waals surface area contributed by atoms with E-state index in [1.54, 1.807) is 11.3 Å². The molecule has 1 heterocycles. The molecular weight excluding hydrogens is 314 g/mol. The highest BCUT2D eigenvalue weighted by Gasteiger charge is 2.16. The molecule has 4 rings (SSSR count). The zero-order chi connectivity index (χ0) is 16.4. The fraction of sp³-hybridized carbons (Fsp3) is 0. The van der Waals surface area contributed by atoms with E-state index in [0.717, 1.165) is 21.5 Å². The number of fused-ring (bicyclic) bond motifs is 1. The van der Waals surface area contributed by atoms with Gasteiger partial charge in [0, 0.05) is 21.2 Å². The Morgan fingerprint density at radius 2 is 1.38 bits per heavy atom. The molecule has 0 aliphatic heterocycles. The molecule has 24 heavy (non-hydrogen) atoms. The maximum atomic E-state index is 12.6. The van der Waals surface area contributed by atoms with Gasteiger partial charge in [0.2, 0.25) is 0 Å². The number of carbonyl (C=O) groups excluding carboxylic acids is 1. The molecule has 4 aromatic rings. The minimum absolute atomic E-state index is 0.0839. The van der Waals surface area contributed by atoms with Gasteiger partial charge in [-0.25, -0.2) is 0 Å². The third-order valence-electron chi connectivity index (χ3n) is 3.92. The average Bonchev–Trinajstić information content (AvgIpc) is 3.01. The Bertz CT molecular complexity index is 990. The van der Waals surface area contributed by atoms with E-state index < -0.39 is 0 Å². The van der Waals surface area contributed by atoms with E-state index in [2.05, 4.69) is 29.6 Å². The number of rotatable bonds is 3. The lowest BCUT2D eigenvalue weighted by atomic mass is 10.0. The molecule has 0 fully saturated rings. The number of hydrogen-bond acceptors (Lipinski definition) is 2. The molecule has 0 atom stereocenters. The van der Waals surface area contributed by atoms with E-state index in [1.807, 2.05) is 60.7 Å². The van der Waals surface area contributed by atoms with E-state index >= 15 is 0 Å². The molecule has 1 aromatic heterocycles. The first-order valence-corrected chi connectivity index (χ1v) is 8.58. The topological polar surface area (TPSA) is 29.1 Å². The van der Waals surface area contributed by atoms with E-state index in [-0.39, 0.29) is 5.91 Å².